The molecule has 16 heteroatoms. The fourth-order valence-electron chi connectivity index (χ4n) is 7.67. The zero-order chi connectivity index (χ0) is 35.8. The van der Waals surface area contributed by atoms with Crippen LogP contribution in [0.2, 0.25) is 0 Å². The minimum Gasteiger partial charge on any atom is -0.389 e. The van der Waals surface area contributed by atoms with Crippen molar-refractivity contribution in [2.24, 2.45) is 0 Å². The highest BCUT2D eigenvalue weighted by molar-refractivity contribution is 7.99. The number of carbonyl (C=O) groups excluding carboxylic acids is 2. The summed E-state index contributed by atoms with van der Waals surface area (Å²) in [5.74, 6) is -0.909. The average Bonchev–Trinajstić information content (AvgIpc) is 3.58. The second kappa shape index (κ2) is 12.3. The first-order chi connectivity index (χ1) is 23.7. The van der Waals surface area contributed by atoms with E-state index in [9.17, 15) is 19.6 Å². The van der Waals surface area contributed by atoms with Crippen LogP contribution in [0.4, 0.5) is 28.4 Å². The Morgan fingerprint density at radius 2 is 1.90 bits per heavy atom. The van der Waals surface area contributed by atoms with Crippen LogP contribution in [-0.2, 0) is 22.3 Å². The van der Waals surface area contributed by atoms with Gasteiger partial charge in [-0.05, 0) is 44.0 Å². The second-order valence-corrected chi connectivity index (χ2v) is 14.9. The number of carbonyl (C=O) groups is 2. The standard InChI is InChI=1S/C34H31F4N7O3S2/c1-4-24(46)45-16(2)12-42(13-17(45)3)32-20-10-22(34(36,37)38)27(19-7-8-23(35)29-26(19)21(11-39)31(40)50-29)30-28(20)44(33(48)41-32)14-18(15-49-30)43-9-5-6-25(43)47/h4,7-8,10,16-18H,1,5-6,9,12-15,40H2,2-3H3/t16-,17+,18?. The lowest BCUT2D eigenvalue weighted by Gasteiger charge is -2.44. The van der Waals surface area contributed by atoms with Crippen LogP contribution in [0.15, 0.2) is 40.5 Å². The largest absolute Gasteiger partial charge is 0.417 e. The molecular weight excluding hydrogens is 695 g/mol. The maximum Gasteiger partial charge on any atom is 0.417 e. The molecule has 260 valence electrons. The average molecular weight is 726 g/mol. The molecule has 0 spiro atoms. The van der Waals surface area contributed by atoms with Crippen LogP contribution in [0.3, 0.4) is 0 Å². The van der Waals surface area contributed by atoms with Crippen LogP contribution in [0.5, 0.6) is 0 Å². The van der Waals surface area contributed by atoms with Gasteiger partial charge >= 0.3 is 11.9 Å². The van der Waals surface area contributed by atoms with E-state index < -0.39 is 29.3 Å². The topological polar surface area (TPSA) is 129 Å². The minimum atomic E-state index is -4.94. The molecular formula is C34H31F4N7O3S2. The van der Waals surface area contributed by atoms with Gasteiger partial charge in [0.25, 0.3) is 0 Å². The zero-order valence-corrected chi connectivity index (χ0v) is 28.6. The van der Waals surface area contributed by atoms with Gasteiger partial charge in [-0.3, -0.25) is 14.2 Å². The number of alkyl halides is 3. The van der Waals surface area contributed by atoms with Gasteiger partial charge < -0.3 is 20.4 Å². The molecule has 3 aliphatic rings. The van der Waals surface area contributed by atoms with E-state index in [2.05, 4.69) is 11.6 Å². The highest BCUT2D eigenvalue weighted by Gasteiger charge is 2.41. The summed E-state index contributed by atoms with van der Waals surface area (Å²) >= 11 is 1.87. The summed E-state index contributed by atoms with van der Waals surface area (Å²) < 4.78 is 62.7. The number of hydrogen-bond donors (Lipinski definition) is 1. The number of nitrogens with two attached hydrogens (primary N) is 1. The molecule has 4 aromatic rings. The highest BCUT2D eigenvalue weighted by Crippen LogP contribution is 2.51. The summed E-state index contributed by atoms with van der Waals surface area (Å²) in [6.45, 7) is 8.01. The normalized spacial score (nSPS) is 21.2. The molecule has 1 unspecified atom stereocenters. The van der Waals surface area contributed by atoms with E-state index in [0.29, 0.717) is 19.4 Å². The van der Waals surface area contributed by atoms with Gasteiger partial charge in [-0.2, -0.15) is 23.4 Å². The number of fused-ring (bicyclic) bond motifs is 1. The van der Waals surface area contributed by atoms with E-state index in [0.717, 1.165) is 35.2 Å². The van der Waals surface area contributed by atoms with E-state index in [1.165, 1.54) is 16.7 Å². The van der Waals surface area contributed by atoms with Crippen LogP contribution in [0.1, 0.15) is 37.8 Å². The number of amides is 2. The van der Waals surface area contributed by atoms with E-state index in [4.69, 9.17) is 5.73 Å². The summed E-state index contributed by atoms with van der Waals surface area (Å²) in [5, 5.41) is 10.0. The predicted molar refractivity (Wildman–Crippen MR) is 185 cm³/mol. The third-order valence-electron chi connectivity index (χ3n) is 9.71. The Morgan fingerprint density at radius 1 is 1.18 bits per heavy atom. The van der Waals surface area contributed by atoms with Crippen LogP contribution in [0.25, 0.3) is 32.1 Å². The van der Waals surface area contributed by atoms with Crippen molar-refractivity contribution in [3.05, 3.63) is 58.3 Å². The number of benzene rings is 2. The van der Waals surface area contributed by atoms with Crippen molar-refractivity contribution in [2.75, 3.05) is 36.0 Å². The van der Waals surface area contributed by atoms with E-state index in [-0.39, 0.29) is 103 Å². The van der Waals surface area contributed by atoms with Gasteiger partial charge in [0.15, 0.2) is 0 Å². The van der Waals surface area contributed by atoms with Crippen LogP contribution >= 0.6 is 23.1 Å². The number of nitrogen functional groups attached to an aromatic ring is 1. The molecule has 2 aromatic carbocycles. The fourth-order valence-corrected chi connectivity index (χ4v) is 9.98. The number of nitrogens with zero attached hydrogens (tertiary/aromatic N) is 6. The monoisotopic (exact) mass is 725 g/mol. The predicted octanol–water partition coefficient (Wildman–Crippen LogP) is 5.60. The number of thioether (sulfide) groups is 1. The van der Waals surface area contributed by atoms with Crippen molar-refractivity contribution >= 4 is 66.7 Å². The molecule has 0 radical (unpaired) electrons. The first-order valence-electron chi connectivity index (χ1n) is 16.0. The molecule has 50 heavy (non-hydrogen) atoms. The van der Waals surface area contributed by atoms with E-state index in [1.54, 1.807) is 28.5 Å². The Morgan fingerprint density at radius 3 is 2.52 bits per heavy atom. The SMILES string of the molecule is C=CC(=O)N1[C@H](C)CN(c2nc(=O)n3c4c(c(-c5ccc(F)c6sc(N)c(C#N)c56)c(C(F)(F)F)cc24)SCC(N2CCCC2=O)C3)C[C@@H]1C. The number of aromatic nitrogens is 2. The third-order valence-corrected chi connectivity index (χ3v) is 12.0. The van der Waals surface area contributed by atoms with E-state index >= 15 is 17.6 Å². The first kappa shape index (κ1) is 33.9. The van der Waals surface area contributed by atoms with Gasteiger partial charge in [-0.1, -0.05) is 12.6 Å². The molecule has 7 rings (SSSR count). The van der Waals surface area contributed by atoms with Gasteiger partial charge in [0.1, 0.15) is 22.7 Å². The van der Waals surface area contributed by atoms with Gasteiger partial charge in [0, 0.05) is 71.7 Å². The van der Waals surface area contributed by atoms with Crippen molar-refractivity contribution < 1.29 is 27.2 Å². The maximum absolute atomic E-state index is 15.4. The molecule has 5 heterocycles. The lowest BCUT2D eigenvalue weighted by atomic mass is 9.92. The number of nitriles is 1. The molecule has 0 bridgehead atoms. The smallest absolute Gasteiger partial charge is 0.389 e. The Labute approximate surface area is 291 Å². The maximum atomic E-state index is 15.4. The molecule has 3 atom stereocenters. The highest BCUT2D eigenvalue weighted by atomic mass is 32.2. The second-order valence-electron chi connectivity index (χ2n) is 12.8. The molecule has 2 N–H and O–H groups in total. The minimum absolute atomic E-state index is 0.00124. The quantitative estimate of drug-likeness (QED) is 0.213. The number of likely N-dealkylation sites (tertiary alicyclic amines) is 1. The van der Waals surface area contributed by atoms with Crippen molar-refractivity contribution in [2.45, 2.75) is 62.4 Å². The molecule has 2 aromatic heterocycles. The summed E-state index contributed by atoms with van der Waals surface area (Å²) in [5.41, 5.74) is 4.03. The van der Waals surface area contributed by atoms with Crippen LogP contribution in [0, 0.1) is 17.1 Å². The van der Waals surface area contributed by atoms with Gasteiger partial charge in [0.2, 0.25) is 11.8 Å². The van der Waals surface area contributed by atoms with Crippen LogP contribution < -0.4 is 16.3 Å². The molecule has 2 fully saturated rings. The lowest BCUT2D eigenvalue weighted by molar-refractivity contribution is -0.137. The fraction of sp³-hybridized carbons (Fsp3) is 0.382. The zero-order valence-electron chi connectivity index (χ0n) is 27.0. The molecule has 3 aliphatic heterocycles. The Kier molecular flexibility index (Phi) is 8.33. The third kappa shape index (κ3) is 5.29. The molecule has 0 aliphatic carbocycles. The number of thiophene rings is 1. The molecule has 2 saturated heterocycles. The number of hydrogen-bond acceptors (Lipinski definition) is 9. The Hall–Kier alpha value is -4.62. The van der Waals surface area contributed by atoms with Crippen molar-refractivity contribution in [1.82, 2.24) is 19.4 Å². The first-order valence-corrected chi connectivity index (χ1v) is 17.8. The van der Waals surface area contributed by atoms with Gasteiger partial charge in [-0.25, -0.2) is 9.18 Å². The van der Waals surface area contributed by atoms with Crippen molar-refractivity contribution in [1.29, 1.82) is 5.26 Å². The van der Waals surface area contributed by atoms with Gasteiger partial charge in [-0.15, -0.1) is 23.1 Å². The summed E-state index contributed by atoms with van der Waals surface area (Å²) in [6.07, 6.45) is -2.78. The van der Waals surface area contributed by atoms with Crippen molar-refractivity contribution in [3.8, 4) is 17.2 Å². The van der Waals surface area contributed by atoms with E-state index in [1.807, 2.05) is 6.07 Å². The molecule has 2 amide bonds. The number of piperazine rings is 1. The van der Waals surface area contributed by atoms with Gasteiger partial charge in [0.05, 0.1) is 27.4 Å². The number of rotatable bonds is 4. The summed E-state index contributed by atoms with van der Waals surface area (Å²) in [6, 6.07) is 3.89. The number of halogens is 4. The summed E-state index contributed by atoms with van der Waals surface area (Å²) in [4.78, 5) is 49.1. The van der Waals surface area contributed by atoms with Crippen LogP contribution in [-0.4, -0.2) is 74.7 Å². The lowest BCUT2D eigenvalue weighted by Crippen LogP contribution is -2.58. The summed E-state index contributed by atoms with van der Waals surface area (Å²) in [7, 11) is 0. The van der Waals surface area contributed by atoms with Crippen molar-refractivity contribution in [3.63, 3.8) is 0 Å². The molecule has 0 saturated carbocycles. The Bertz CT molecular complexity index is 2220. The Balaban J connectivity index is 1.55. The number of anilines is 2. The molecule has 10 nitrogen and oxygen atoms in total.